The first kappa shape index (κ1) is 43.5. The maximum absolute atomic E-state index is 14.6. The second-order valence-corrected chi connectivity index (χ2v) is 16.0. The molecule has 0 radical (unpaired) electrons. The highest BCUT2D eigenvalue weighted by atomic mass is 16.5. The molecule has 12 nitrogen and oxygen atoms in total. The number of aliphatic hydroxyl groups is 1. The van der Waals surface area contributed by atoms with Crippen molar-refractivity contribution in [2.24, 2.45) is 5.92 Å². The number of carbonyl (C=O) groups excluding carboxylic acids is 3. The summed E-state index contributed by atoms with van der Waals surface area (Å²) in [5, 5.41) is 18.0. The van der Waals surface area contributed by atoms with Crippen molar-refractivity contribution >= 4 is 28.7 Å². The Balaban J connectivity index is 1.10. The molecule has 0 spiro atoms. The van der Waals surface area contributed by atoms with Gasteiger partial charge in [0.2, 0.25) is 5.91 Å². The molecule has 62 heavy (non-hydrogen) atoms. The number of rotatable bonds is 19. The summed E-state index contributed by atoms with van der Waals surface area (Å²) >= 11 is 0. The Morgan fingerprint density at radius 1 is 0.839 bits per heavy atom. The molecular weight excluding hydrogens is 779 g/mol. The zero-order chi connectivity index (χ0) is 43.4. The molecule has 1 fully saturated rings. The van der Waals surface area contributed by atoms with E-state index in [9.17, 15) is 19.5 Å². The zero-order valence-corrected chi connectivity index (χ0v) is 35.6. The van der Waals surface area contributed by atoms with E-state index in [1.165, 1.54) is 0 Å². The van der Waals surface area contributed by atoms with Crippen molar-refractivity contribution in [1.29, 1.82) is 0 Å². The van der Waals surface area contributed by atoms with E-state index in [2.05, 4.69) is 20.7 Å². The van der Waals surface area contributed by atoms with Crippen LogP contribution in [0.3, 0.4) is 0 Å². The number of carbonyl (C=O) groups is 3. The highest BCUT2D eigenvalue weighted by molar-refractivity contribution is 5.89. The van der Waals surface area contributed by atoms with Gasteiger partial charge in [0.15, 0.2) is 6.61 Å². The molecule has 4 atom stereocenters. The molecule has 4 aromatic carbocycles. The van der Waals surface area contributed by atoms with E-state index in [0.29, 0.717) is 38.2 Å². The summed E-state index contributed by atoms with van der Waals surface area (Å²) in [5.41, 5.74) is 9.31. The van der Waals surface area contributed by atoms with E-state index < -0.39 is 24.1 Å². The Morgan fingerprint density at radius 3 is 2.34 bits per heavy atom. The van der Waals surface area contributed by atoms with Gasteiger partial charge in [-0.15, -0.1) is 0 Å². The van der Waals surface area contributed by atoms with Crippen LogP contribution in [0.4, 0.5) is 4.79 Å². The van der Waals surface area contributed by atoms with Gasteiger partial charge in [0.05, 0.1) is 23.4 Å². The zero-order valence-electron chi connectivity index (χ0n) is 35.6. The maximum atomic E-state index is 14.6. The number of aryl methyl sites for hydroxylation is 1. The normalized spacial score (nSPS) is 14.7. The lowest BCUT2D eigenvalue weighted by molar-refractivity contribution is -0.131. The highest BCUT2D eigenvalue weighted by Gasteiger charge is 2.41. The average Bonchev–Trinajstić information content (AvgIpc) is 3.64. The van der Waals surface area contributed by atoms with Crippen molar-refractivity contribution in [2.45, 2.75) is 64.9 Å². The minimum atomic E-state index is -1.15. The number of aliphatic hydroxyl groups excluding tert-OH is 1. The summed E-state index contributed by atoms with van der Waals surface area (Å²) in [6.07, 6.45) is 3.33. The molecule has 3 heterocycles. The van der Waals surface area contributed by atoms with E-state index in [1.54, 1.807) is 27.2 Å². The number of para-hydroxylation sites is 2. The number of aromatic nitrogens is 2. The first-order chi connectivity index (χ1) is 30.2. The molecule has 3 N–H and O–H groups in total. The molecule has 320 valence electrons. The summed E-state index contributed by atoms with van der Waals surface area (Å²) in [6.45, 7) is 7.14. The summed E-state index contributed by atoms with van der Waals surface area (Å²) in [7, 11) is 0. The Morgan fingerprint density at radius 2 is 1.58 bits per heavy atom. The molecule has 4 unspecified atom stereocenters. The first-order valence-electron chi connectivity index (χ1n) is 21.3. The molecule has 1 saturated heterocycles. The molecule has 0 aliphatic carbocycles. The predicted molar refractivity (Wildman–Crippen MR) is 240 cm³/mol. The first-order valence-corrected chi connectivity index (χ1v) is 21.3. The molecule has 0 bridgehead atoms. The van der Waals surface area contributed by atoms with Gasteiger partial charge in [-0.3, -0.25) is 25.0 Å². The van der Waals surface area contributed by atoms with Gasteiger partial charge >= 0.3 is 6.03 Å². The number of hydrazine groups is 1. The van der Waals surface area contributed by atoms with E-state index in [1.807, 2.05) is 148 Å². The highest BCUT2D eigenvalue weighted by Crippen LogP contribution is 2.26. The maximum Gasteiger partial charge on any atom is 0.321 e. The molecule has 1 aliphatic rings. The third kappa shape index (κ3) is 11.0. The number of ether oxygens (including phenoxy) is 1. The number of pyridine rings is 2. The minimum absolute atomic E-state index is 0.0276. The molecule has 2 aromatic heterocycles. The number of benzene rings is 4. The quantitative estimate of drug-likeness (QED) is 0.0745. The van der Waals surface area contributed by atoms with Gasteiger partial charge in [-0.25, -0.2) is 9.80 Å². The Kier molecular flexibility index (Phi) is 14.6. The van der Waals surface area contributed by atoms with Gasteiger partial charge in [-0.1, -0.05) is 117 Å². The van der Waals surface area contributed by atoms with Gasteiger partial charge in [-0.2, -0.15) is 0 Å². The Hall–Kier alpha value is -6.63. The van der Waals surface area contributed by atoms with Crippen LogP contribution in [0.5, 0.6) is 5.75 Å². The summed E-state index contributed by atoms with van der Waals surface area (Å²) < 4.78 is 5.87. The number of hydrogen-bond donors (Lipinski definition) is 3. The van der Waals surface area contributed by atoms with Crippen molar-refractivity contribution in [3.8, 4) is 17.0 Å². The lowest BCUT2D eigenvalue weighted by Crippen LogP contribution is -2.58. The van der Waals surface area contributed by atoms with Gasteiger partial charge in [-0.05, 0) is 71.8 Å². The van der Waals surface area contributed by atoms with Gasteiger partial charge < -0.3 is 25.0 Å². The molecule has 1 aliphatic heterocycles. The minimum Gasteiger partial charge on any atom is -0.483 e. The van der Waals surface area contributed by atoms with Crippen molar-refractivity contribution < 1.29 is 24.2 Å². The standard InChI is InChI=1S/C50H55N7O5/c1-4-35(2)48(57-29-28-55(50(57)61)32-40-25-27-52-43-19-10-9-17-41(40)43)49(60)53-44(30-37-15-6-5-7-16-37)45(58)33-56(54-47(59)34-62-46-20-11-8-14-36(46)3)31-38-21-23-39(24-22-38)42-18-12-13-26-51-42/h5-27,35,44-45,48,58H,4,28-34H2,1-3H3,(H,53,60)(H,54,59). The van der Waals surface area contributed by atoms with Crippen LogP contribution < -0.4 is 15.5 Å². The van der Waals surface area contributed by atoms with Crippen LogP contribution in [-0.4, -0.2) is 92.2 Å². The monoisotopic (exact) mass is 833 g/mol. The molecule has 6 aromatic rings. The number of hydrogen-bond acceptors (Lipinski definition) is 8. The number of fused-ring (bicyclic) bond motifs is 1. The van der Waals surface area contributed by atoms with E-state index in [0.717, 1.165) is 44.4 Å². The van der Waals surface area contributed by atoms with Crippen molar-refractivity contribution in [3.63, 3.8) is 0 Å². The fourth-order valence-electron chi connectivity index (χ4n) is 7.96. The van der Waals surface area contributed by atoms with E-state index in [-0.39, 0.29) is 37.6 Å². The van der Waals surface area contributed by atoms with Crippen molar-refractivity contribution in [3.05, 3.63) is 162 Å². The summed E-state index contributed by atoms with van der Waals surface area (Å²) in [5.74, 6) is -0.307. The van der Waals surface area contributed by atoms with Crippen LogP contribution in [-0.2, 0) is 29.1 Å². The number of urea groups is 1. The third-order valence-electron chi connectivity index (χ3n) is 11.5. The topological polar surface area (TPSA) is 140 Å². The lowest BCUT2D eigenvalue weighted by Gasteiger charge is -2.35. The van der Waals surface area contributed by atoms with Crippen LogP contribution >= 0.6 is 0 Å². The van der Waals surface area contributed by atoms with Crippen molar-refractivity contribution in [2.75, 3.05) is 26.2 Å². The predicted octanol–water partition coefficient (Wildman–Crippen LogP) is 6.96. The van der Waals surface area contributed by atoms with E-state index >= 15 is 0 Å². The number of nitrogens with one attached hydrogen (secondary N) is 2. The van der Waals surface area contributed by atoms with Crippen LogP contribution in [0.25, 0.3) is 22.2 Å². The Labute approximate surface area is 363 Å². The molecule has 4 amide bonds. The second kappa shape index (κ2) is 20.8. The van der Waals surface area contributed by atoms with Crippen molar-refractivity contribution in [1.82, 2.24) is 35.5 Å². The van der Waals surface area contributed by atoms with Gasteiger partial charge in [0.1, 0.15) is 11.8 Å². The lowest BCUT2D eigenvalue weighted by atomic mass is 9.95. The number of amides is 4. The molecule has 0 saturated carbocycles. The summed E-state index contributed by atoms with van der Waals surface area (Å²) in [6, 6.07) is 38.8. The van der Waals surface area contributed by atoms with Crippen LogP contribution in [0.15, 0.2) is 140 Å². The van der Waals surface area contributed by atoms with Crippen LogP contribution in [0.2, 0.25) is 0 Å². The smallest absolute Gasteiger partial charge is 0.321 e. The van der Waals surface area contributed by atoms with Crippen LogP contribution in [0.1, 0.15) is 42.5 Å². The fraction of sp³-hybridized carbons (Fsp3) is 0.300. The third-order valence-corrected chi connectivity index (χ3v) is 11.5. The fourth-order valence-corrected chi connectivity index (χ4v) is 7.96. The molecule has 7 rings (SSSR count). The molecular formula is C50H55N7O5. The number of nitrogens with zero attached hydrogens (tertiary/aromatic N) is 5. The second-order valence-electron chi connectivity index (χ2n) is 16.0. The largest absolute Gasteiger partial charge is 0.483 e. The molecule has 12 heteroatoms. The van der Waals surface area contributed by atoms with E-state index in [4.69, 9.17) is 4.74 Å². The van der Waals surface area contributed by atoms with Crippen LogP contribution in [0, 0.1) is 12.8 Å². The Bertz CT molecular complexity index is 2410. The average molecular weight is 834 g/mol. The van der Waals surface area contributed by atoms with Gasteiger partial charge in [0, 0.05) is 56.1 Å². The summed E-state index contributed by atoms with van der Waals surface area (Å²) in [4.78, 5) is 54.7. The SMILES string of the molecule is CCC(C)C(C(=O)NC(Cc1ccccc1)C(O)CN(Cc1ccc(-c2ccccn2)cc1)NC(=O)COc1ccccc1C)N1CCN(Cc2ccnc3ccccc23)C1=O. The van der Waals surface area contributed by atoms with Gasteiger partial charge in [0.25, 0.3) is 5.91 Å².